The molecule has 0 radical (unpaired) electrons. The highest BCUT2D eigenvalue weighted by Gasteiger charge is 2.15. The number of benzene rings is 2. The number of amides is 2. The van der Waals surface area contributed by atoms with Gasteiger partial charge in [0, 0.05) is 25.3 Å². The van der Waals surface area contributed by atoms with Crippen LogP contribution in [-0.2, 0) is 9.59 Å². The lowest BCUT2D eigenvalue weighted by molar-refractivity contribution is -0.122. The van der Waals surface area contributed by atoms with Crippen molar-refractivity contribution in [3.05, 3.63) is 54.1 Å². The van der Waals surface area contributed by atoms with Crippen molar-refractivity contribution in [1.82, 2.24) is 0 Å². The zero-order valence-corrected chi connectivity index (χ0v) is 15.9. The number of hydrogen-bond donors (Lipinski definition) is 1. The number of anilines is 2. The molecular formula is C21H26N2O3. The van der Waals surface area contributed by atoms with E-state index in [1.165, 1.54) is 17.4 Å². The minimum atomic E-state index is -0.625. The van der Waals surface area contributed by atoms with Crippen LogP contribution in [0.3, 0.4) is 0 Å². The summed E-state index contributed by atoms with van der Waals surface area (Å²) in [5.74, 6) is 0.836. The van der Waals surface area contributed by atoms with Gasteiger partial charge in [-0.1, -0.05) is 26.0 Å². The molecule has 2 aromatic carbocycles. The minimum absolute atomic E-state index is 0.0488. The summed E-state index contributed by atoms with van der Waals surface area (Å²) in [6.45, 7) is 7.47. The first-order valence-electron chi connectivity index (χ1n) is 8.69. The molecule has 0 aliphatic rings. The van der Waals surface area contributed by atoms with Gasteiger partial charge in [0.1, 0.15) is 5.75 Å². The summed E-state index contributed by atoms with van der Waals surface area (Å²) in [5, 5.41) is 2.82. The third-order valence-corrected chi connectivity index (χ3v) is 4.22. The maximum absolute atomic E-state index is 12.3. The van der Waals surface area contributed by atoms with E-state index in [0.717, 1.165) is 5.69 Å². The SMILES string of the molecule is CC(=O)N(C)c1ccc(NC(=O)[C@H](C)Oc2ccc(C(C)C)cc2)cc1. The average Bonchev–Trinajstić information content (AvgIpc) is 2.62. The fourth-order valence-corrected chi connectivity index (χ4v) is 2.38. The van der Waals surface area contributed by atoms with Crippen LogP contribution in [0.5, 0.6) is 5.75 Å². The predicted octanol–water partition coefficient (Wildman–Crippen LogP) is 4.20. The molecule has 5 heteroatoms. The zero-order valence-electron chi connectivity index (χ0n) is 15.9. The van der Waals surface area contributed by atoms with Gasteiger partial charge in [0.2, 0.25) is 5.91 Å². The van der Waals surface area contributed by atoms with Gasteiger partial charge in [0.05, 0.1) is 0 Å². The second kappa shape index (κ2) is 8.52. The summed E-state index contributed by atoms with van der Waals surface area (Å²) in [4.78, 5) is 25.2. The van der Waals surface area contributed by atoms with Gasteiger partial charge in [0.25, 0.3) is 5.91 Å². The highest BCUT2D eigenvalue weighted by atomic mass is 16.5. The van der Waals surface area contributed by atoms with E-state index in [9.17, 15) is 9.59 Å². The largest absolute Gasteiger partial charge is 0.481 e. The number of nitrogens with zero attached hydrogens (tertiary/aromatic N) is 1. The summed E-state index contributed by atoms with van der Waals surface area (Å²) in [6, 6.07) is 14.9. The lowest BCUT2D eigenvalue weighted by atomic mass is 10.0. The van der Waals surface area contributed by atoms with Crippen molar-refractivity contribution in [1.29, 1.82) is 0 Å². The Morgan fingerprint density at radius 1 is 0.962 bits per heavy atom. The number of rotatable bonds is 6. The smallest absolute Gasteiger partial charge is 0.265 e. The Bertz CT molecular complexity index is 752. The number of nitrogens with one attached hydrogen (secondary N) is 1. The van der Waals surface area contributed by atoms with Gasteiger partial charge in [-0.15, -0.1) is 0 Å². The van der Waals surface area contributed by atoms with Crippen molar-refractivity contribution in [2.24, 2.45) is 0 Å². The minimum Gasteiger partial charge on any atom is -0.481 e. The van der Waals surface area contributed by atoms with Crippen molar-refractivity contribution in [2.45, 2.75) is 39.7 Å². The van der Waals surface area contributed by atoms with Crippen LogP contribution >= 0.6 is 0 Å². The second-order valence-corrected chi connectivity index (χ2v) is 6.60. The normalized spacial score (nSPS) is 11.8. The lowest BCUT2D eigenvalue weighted by Crippen LogP contribution is -2.30. The van der Waals surface area contributed by atoms with Gasteiger partial charge in [0.15, 0.2) is 6.10 Å². The van der Waals surface area contributed by atoms with Crippen molar-refractivity contribution >= 4 is 23.2 Å². The Morgan fingerprint density at radius 2 is 1.54 bits per heavy atom. The van der Waals surface area contributed by atoms with Gasteiger partial charge >= 0.3 is 0 Å². The second-order valence-electron chi connectivity index (χ2n) is 6.60. The van der Waals surface area contributed by atoms with E-state index in [1.807, 2.05) is 24.3 Å². The monoisotopic (exact) mass is 354 g/mol. The Labute approximate surface area is 155 Å². The molecule has 2 aromatic rings. The lowest BCUT2D eigenvalue weighted by Gasteiger charge is -2.17. The van der Waals surface area contributed by atoms with Crippen molar-refractivity contribution in [3.8, 4) is 5.75 Å². The first-order valence-corrected chi connectivity index (χ1v) is 8.69. The standard InChI is InChI=1S/C21H26N2O3/c1-14(2)17-6-12-20(13-7-17)26-15(3)21(25)22-18-8-10-19(11-9-18)23(5)16(4)24/h6-15H,1-5H3,(H,22,25)/t15-/m0/s1. The molecule has 2 rings (SSSR count). The number of carbonyl (C=O) groups is 2. The van der Waals surface area contributed by atoms with Crippen LogP contribution in [0.1, 0.15) is 39.2 Å². The Kier molecular flexibility index (Phi) is 6.39. The summed E-state index contributed by atoms with van der Waals surface area (Å²) in [7, 11) is 1.70. The quantitative estimate of drug-likeness (QED) is 0.846. The molecule has 0 spiro atoms. The van der Waals surface area contributed by atoms with E-state index in [2.05, 4.69) is 19.2 Å². The molecular weight excluding hydrogens is 328 g/mol. The van der Waals surface area contributed by atoms with Crippen LogP contribution in [0.2, 0.25) is 0 Å². The van der Waals surface area contributed by atoms with E-state index in [0.29, 0.717) is 17.4 Å². The topological polar surface area (TPSA) is 58.6 Å². The molecule has 0 saturated heterocycles. The molecule has 0 saturated carbocycles. The van der Waals surface area contributed by atoms with Crippen LogP contribution in [0.15, 0.2) is 48.5 Å². The van der Waals surface area contributed by atoms with Gasteiger partial charge in [-0.2, -0.15) is 0 Å². The fraction of sp³-hybridized carbons (Fsp3) is 0.333. The van der Waals surface area contributed by atoms with Crippen LogP contribution in [0.4, 0.5) is 11.4 Å². The zero-order chi connectivity index (χ0) is 19.3. The molecule has 1 atom stereocenters. The molecule has 0 fully saturated rings. The molecule has 0 aromatic heterocycles. The molecule has 0 bridgehead atoms. The fourth-order valence-electron chi connectivity index (χ4n) is 2.38. The summed E-state index contributed by atoms with van der Waals surface area (Å²) in [5.41, 5.74) is 2.65. The first kappa shape index (κ1) is 19.5. The molecule has 5 nitrogen and oxygen atoms in total. The van der Waals surface area contributed by atoms with Crippen LogP contribution in [0, 0.1) is 0 Å². The molecule has 0 heterocycles. The van der Waals surface area contributed by atoms with Crippen LogP contribution in [-0.4, -0.2) is 25.0 Å². The predicted molar refractivity (Wildman–Crippen MR) is 105 cm³/mol. The van der Waals surface area contributed by atoms with E-state index < -0.39 is 6.10 Å². The van der Waals surface area contributed by atoms with E-state index >= 15 is 0 Å². The van der Waals surface area contributed by atoms with E-state index in [-0.39, 0.29) is 11.8 Å². The summed E-state index contributed by atoms with van der Waals surface area (Å²) >= 11 is 0. The van der Waals surface area contributed by atoms with E-state index in [1.54, 1.807) is 38.2 Å². The molecule has 138 valence electrons. The van der Waals surface area contributed by atoms with Crippen molar-refractivity contribution < 1.29 is 14.3 Å². The molecule has 0 unspecified atom stereocenters. The Morgan fingerprint density at radius 3 is 2.04 bits per heavy atom. The highest BCUT2D eigenvalue weighted by molar-refractivity contribution is 5.95. The van der Waals surface area contributed by atoms with Crippen LogP contribution < -0.4 is 15.0 Å². The number of hydrogen-bond acceptors (Lipinski definition) is 3. The number of carbonyl (C=O) groups excluding carboxylic acids is 2. The maximum Gasteiger partial charge on any atom is 0.265 e. The van der Waals surface area contributed by atoms with Gasteiger partial charge in [-0.3, -0.25) is 9.59 Å². The molecule has 0 aliphatic heterocycles. The van der Waals surface area contributed by atoms with Gasteiger partial charge in [-0.25, -0.2) is 0 Å². The summed E-state index contributed by atoms with van der Waals surface area (Å²) in [6.07, 6.45) is -0.625. The molecule has 1 N–H and O–H groups in total. The molecule has 0 aliphatic carbocycles. The van der Waals surface area contributed by atoms with Crippen molar-refractivity contribution in [3.63, 3.8) is 0 Å². The third-order valence-electron chi connectivity index (χ3n) is 4.22. The van der Waals surface area contributed by atoms with Gasteiger partial charge < -0.3 is 15.0 Å². The Balaban J connectivity index is 1.95. The first-order chi connectivity index (χ1) is 12.3. The van der Waals surface area contributed by atoms with Crippen molar-refractivity contribution in [2.75, 3.05) is 17.3 Å². The number of ether oxygens (including phenoxy) is 1. The molecule has 26 heavy (non-hydrogen) atoms. The molecule has 2 amide bonds. The van der Waals surface area contributed by atoms with Gasteiger partial charge in [-0.05, 0) is 54.8 Å². The van der Waals surface area contributed by atoms with Crippen LogP contribution in [0.25, 0.3) is 0 Å². The maximum atomic E-state index is 12.3. The average molecular weight is 354 g/mol. The third kappa shape index (κ3) is 5.09. The highest BCUT2D eigenvalue weighted by Crippen LogP contribution is 2.20. The van der Waals surface area contributed by atoms with E-state index in [4.69, 9.17) is 4.74 Å². The summed E-state index contributed by atoms with van der Waals surface area (Å²) < 4.78 is 5.71. The Hall–Kier alpha value is -2.82.